The highest BCUT2D eigenvalue weighted by molar-refractivity contribution is 6.09. The van der Waals surface area contributed by atoms with Gasteiger partial charge in [0.2, 0.25) is 5.91 Å². The third kappa shape index (κ3) is 7.27. The third-order valence-corrected chi connectivity index (χ3v) is 12.2. The van der Waals surface area contributed by atoms with Crippen molar-refractivity contribution < 1.29 is 33.4 Å². The van der Waals surface area contributed by atoms with E-state index in [0.717, 1.165) is 81.2 Å². The van der Waals surface area contributed by atoms with Crippen molar-refractivity contribution in [3.8, 4) is 28.1 Å². The highest BCUT2D eigenvalue weighted by Crippen LogP contribution is 2.45. The standard InChI is InChI=1S/C46H48N8O7/c1-25(2)37(51-45(57)59-3)43(55)53-20-8-12-35(53)41-47-23-34(49-41)27-14-15-29-28(22-27)24-61-40-31(29)17-16-30-32(40)18-19-33-39(30)50-42(48-33)36-13-9-21-54(36)44(56)38(52-46(58)60-4)26-10-6-5-7-11-26/h5-7,10-11,14-19,22-23,25,35-38H,8-9,12-13,20-21,24H2,1-4H3,(H,47,49)(H,48,50)(H,51,57)(H,52,58)/t35?,36-,37-,38+/m0/s1. The number of likely N-dealkylation sites (tertiary alicyclic amines) is 2. The Bertz CT molecular complexity index is 2660. The molecule has 3 aliphatic heterocycles. The SMILES string of the molecule is COC(=O)N[C@H](C(=O)N1CCCC1c1ncc(-c2ccc3c(c2)COc2c-3ccc3c2ccc2[nH]c([C@@H]4CCCN4C(=O)[C@H](NC(=O)OC)c4ccccc4)nc23)[nH]1)C(C)C. The minimum Gasteiger partial charge on any atom is -0.488 e. The summed E-state index contributed by atoms with van der Waals surface area (Å²) < 4.78 is 16.2. The maximum absolute atomic E-state index is 14.1. The summed E-state index contributed by atoms with van der Waals surface area (Å²) in [5.74, 6) is 1.70. The van der Waals surface area contributed by atoms with Crippen LogP contribution in [-0.2, 0) is 25.7 Å². The zero-order valence-electron chi connectivity index (χ0n) is 34.5. The lowest BCUT2D eigenvalue weighted by Gasteiger charge is -2.30. The molecule has 61 heavy (non-hydrogen) atoms. The average Bonchev–Trinajstić information content (AvgIpc) is 4.13. The molecule has 15 heteroatoms. The Morgan fingerprint density at radius 3 is 2.21 bits per heavy atom. The second-order valence-electron chi connectivity index (χ2n) is 16.2. The number of amides is 4. The molecular formula is C46H48N8O7. The van der Waals surface area contributed by atoms with E-state index in [1.165, 1.54) is 14.2 Å². The van der Waals surface area contributed by atoms with E-state index in [0.29, 0.717) is 36.9 Å². The van der Waals surface area contributed by atoms with Gasteiger partial charge in [-0.1, -0.05) is 62.4 Å². The number of hydrogen-bond acceptors (Lipinski definition) is 9. The molecule has 1 unspecified atom stereocenters. The predicted molar refractivity (Wildman–Crippen MR) is 227 cm³/mol. The first-order valence-corrected chi connectivity index (χ1v) is 20.7. The Balaban J connectivity index is 0.959. The summed E-state index contributed by atoms with van der Waals surface area (Å²) >= 11 is 0. The van der Waals surface area contributed by atoms with Crippen LogP contribution in [0.3, 0.4) is 0 Å². The fourth-order valence-corrected chi connectivity index (χ4v) is 9.12. The van der Waals surface area contributed by atoms with Gasteiger partial charge in [0.05, 0.1) is 49.2 Å². The maximum Gasteiger partial charge on any atom is 0.407 e. The number of rotatable bonds is 9. The number of alkyl carbamates (subject to hydrolysis) is 2. The summed E-state index contributed by atoms with van der Waals surface area (Å²) in [6.07, 6.45) is 3.63. The normalized spacial score (nSPS) is 18.0. The molecule has 4 amide bonds. The number of nitrogens with zero attached hydrogens (tertiary/aromatic N) is 4. The van der Waals surface area contributed by atoms with Crippen molar-refractivity contribution in [1.29, 1.82) is 0 Å². The largest absolute Gasteiger partial charge is 0.488 e. The highest BCUT2D eigenvalue weighted by Gasteiger charge is 2.39. The Hall–Kier alpha value is -6.90. The van der Waals surface area contributed by atoms with Gasteiger partial charge in [-0.2, -0.15) is 0 Å². The summed E-state index contributed by atoms with van der Waals surface area (Å²) in [6, 6.07) is 21.6. The zero-order chi connectivity index (χ0) is 42.4. The van der Waals surface area contributed by atoms with Crippen molar-refractivity contribution in [3.63, 3.8) is 0 Å². The molecule has 4 atom stereocenters. The van der Waals surface area contributed by atoms with Gasteiger partial charge in [-0.25, -0.2) is 19.6 Å². The molecule has 0 saturated carbocycles. The molecule has 15 nitrogen and oxygen atoms in total. The van der Waals surface area contributed by atoms with Gasteiger partial charge in [0.25, 0.3) is 5.91 Å². The van der Waals surface area contributed by atoms with Crippen LogP contribution < -0.4 is 15.4 Å². The number of ether oxygens (including phenoxy) is 3. The summed E-state index contributed by atoms with van der Waals surface area (Å²) in [4.78, 5) is 72.5. The van der Waals surface area contributed by atoms with Crippen molar-refractivity contribution in [3.05, 3.63) is 102 Å². The molecule has 4 N–H and O–H groups in total. The zero-order valence-corrected chi connectivity index (χ0v) is 34.5. The number of hydrogen-bond donors (Lipinski definition) is 4. The van der Waals surface area contributed by atoms with E-state index in [1.807, 2.05) is 55.1 Å². The lowest BCUT2D eigenvalue weighted by molar-refractivity contribution is -0.135. The first-order chi connectivity index (χ1) is 29.6. The van der Waals surface area contributed by atoms with Crippen LogP contribution in [0.1, 0.15) is 80.4 Å². The van der Waals surface area contributed by atoms with Gasteiger partial charge in [-0.15, -0.1) is 0 Å². The monoisotopic (exact) mass is 824 g/mol. The first-order valence-electron chi connectivity index (χ1n) is 20.7. The number of aromatic nitrogens is 4. The van der Waals surface area contributed by atoms with Gasteiger partial charge in [0.15, 0.2) is 0 Å². The molecule has 2 fully saturated rings. The molecule has 0 bridgehead atoms. The molecule has 2 aromatic heterocycles. The van der Waals surface area contributed by atoms with E-state index < -0.39 is 24.3 Å². The molecule has 0 radical (unpaired) electrons. The minimum absolute atomic E-state index is 0.120. The fourth-order valence-electron chi connectivity index (χ4n) is 9.12. The Kier molecular flexibility index (Phi) is 10.6. The Morgan fingerprint density at radius 2 is 1.48 bits per heavy atom. The van der Waals surface area contributed by atoms with Gasteiger partial charge < -0.3 is 44.6 Å². The highest BCUT2D eigenvalue weighted by atomic mass is 16.5. The number of fused-ring (bicyclic) bond motifs is 7. The van der Waals surface area contributed by atoms with Crippen LogP contribution in [0.15, 0.2) is 79.0 Å². The molecule has 0 aliphatic carbocycles. The topological polar surface area (TPSA) is 184 Å². The van der Waals surface area contributed by atoms with Crippen LogP contribution in [0.4, 0.5) is 9.59 Å². The number of methoxy groups -OCH3 is 2. The van der Waals surface area contributed by atoms with E-state index in [-0.39, 0.29) is 29.8 Å². The van der Waals surface area contributed by atoms with Crippen molar-refractivity contribution >= 4 is 45.8 Å². The summed E-state index contributed by atoms with van der Waals surface area (Å²) in [5, 5.41) is 7.32. The smallest absolute Gasteiger partial charge is 0.407 e. The third-order valence-electron chi connectivity index (χ3n) is 12.2. The average molecular weight is 825 g/mol. The van der Waals surface area contributed by atoms with Crippen LogP contribution in [0.2, 0.25) is 0 Å². The van der Waals surface area contributed by atoms with Crippen LogP contribution in [0.5, 0.6) is 5.75 Å². The minimum atomic E-state index is -0.902. The molecular weight excluding hydrogens is 777 g/mol. The molecule has 3 aliphatic rings. The van der Waals surface area contributed by atoms with Crippen LogP contribution >= 0.6 is 0 Å². The van der Waals surface area contributed by atoms with E-state index in [2.05, 4.69) is 57.0 Å². The fraction of sp³-hybridized carbons (Fsp3) is 0.348. The number of benzene rings is 4. The molecule has 6 aromatic rings. The van der Waals surface area contributed by atoms with Crippen molar-refractivity contribution in [2.24, 2.45) is 5.92 Å². The van der Waals surface area contributed by atoms with Gasteiger partial charge in [0.1, 0.15) is 36.1 Å². The number of imidazole rings is 2. The summed E-state index contributed by atoms with van der Waals surface area (Å²) in [7, 11) is 2.57. The lowest BCUT2D eigenvalue weighted by atomic mass is 9.92. The van der Waals surface area contributed by atoms with Crippen molar-refractivity contribution in [2.45, 2.75) is 70.3 Å². The number of nitrogens with one attached hydrogen (secondary N) is 4. The molecule has 9 rings (SSSR count). The number of carbonyl (C=O) groups is 4. The Labute approximate surface area is 352 Å². The summed E-state index contributed by atoms with van der Waals surface area (Å²) in [5.41, 5.74) is 7.22. The molecule has 0 spiro atoms. The van der Waals surface area contributed by atoms with Crippen LogP contribution in [0.25, 0.3) is 44.2 Å². The van der Waals surface area contributed by atoms with Gasteiger partial charge in [0, 0.05) is 29.4 Å². The molecule has 314 valence electrons. The Morgan fingerprint density at radius 1 is 0.787 bits per heavy atom. The quantitative estimate of drug-likeness (QED) is 0.115. The van der Waals surface area contributed by atoms with Crippen molar-refractivity contribution in [2.75, 3.05) is 27.3 Å². The van der Waals surface area contributed by atoms with Gasteiger partial charge in [-0.05, 0) is 78.1 Å². The van der Waals surface area contributed by atoms with Gasteiger partial charge >= 0.3 is 12.2 Å². The molecule has 5 heterocycles. The van der Waals surface area contributed by atoms with E-state index in [1.54, 1.807) is 11.1 Å². The van der Waals surface area contributed by atoms with Crippen LogP contribution in [-0.4, -0.2) is 87.1 Å². The lowest BCUT2D eigenvalue weighted by Crippen LogP contribution is -2.51. The van der Waals surface area contributed by atoms with E-state index in [9.17, 15) is 19.2 Å². The predicted octanol–water partition coefficient (Wildman–Crippen LogP) is 7.47. The number of carbonyl (C=O) groups excluding carboxylic acids is 4. The van der Waals surface area contributed by atoms with Crippen molar-refractivity contribution in [1.82, 2.24) is 40.4 Å². The second kappa shape index (κ2) is 16.3. The number of aromatic amines is 2. The number of H-pyrrole nitrogens is 2. The molecule has 2 saturated heterocycles. The summed E-state index contributed by atoms with van der Waals surface area (Å²) in [6.45, 7) is 5.29. The maximum atomic E-state index is 14.1. The molecule has 4 aromatic carbocycles. The van der Waals surface area contributed by atoms with E-state index >= 15 is 0 Å². The second-order valence-corrected chi connectivity index (χ2v) is 16.2. The van der Waals surface area contributed by atoms with E-state index in [4.69, 9.17) is 24.2 Å². The van der Waals surface area contributed by atoms with Crippen LogP contribution in [0, 0.1) is 5.92 Å². The first kappa shape index (κ1) is 39.6. The van der Waals surface area contributed by atoms with Gasteiger partial charge in [-0.3, -0.25) is 9.59 Å².